The molecule has 3 aromatic rings. The van der Waals surface area contributed by atoms with Crippen LogP contribution in [0.3, 0.4) is 0 Å². The molecule has 0 saturated heterocycles. The Bertz CT molecular complexity index is 703. The Kier molecular flexibility index (Phi) is 3.81. The van der Waals surface area contributed by atoms with E-state index in [4.69, 9.17) is 5.11 Å². The molecule has 0 unspecified atom stereocenters. The van der Waals surface area contributed by atoms with E-state index in [1.807, 2.05) is 24.4 Å². The maximum absolute atomic E-state index is 9.12. The number of rotatable bonds is 5. The Morgan fingerprint density at radius 3 is 2.55 bits per heavy atom. The molecule has 1 heterocycles. The van der Waals surface area contributed by atoms with Crippen LogP contribution in [-0.2, 0) is 19.7 Å². The maximum atomic E-state index is 9.12. The molecule has 20 heavy (non-hydrogen) atoms. The summed E-state index contributed by atoms with van der Waals surface area (Å²) >= 11 is 0. The molecule has 0 atom stereocenters. The van der Waals surface area contributed by atoms with E-state index in [9.17, 15) is 0 Å². The molecule has 0 fully saturated rings. The minimum atomic E-state index is 0.0946. The molecule has 102 valence electrons. The van der Waals surface area contributed by atoms with Crippen molar-refractivity contribution in [3.8, 4) is 0 Å². The van der Waals surface area contributed by atoms with Gasteiger partial charge in [0.05, 0.1) is 6.61 Å². The van der Waals surface area contributed by atoms with E-state index >= 15 is 0 Å². The van der Waals surface area contributed by atoms with Crippen LogP contribution in [0.25, 0.3) is 10.9 Å². The van der Waals surface area contributed by atoms with E-state index in [1.165, 1.54) is 22.0 Å². The van der Waals surface area contributed by atoms with Crippen LogP contribution in [0, 0.1) is 0 Å². The predicted octanol–water partition coefficient (Wildman–Crippen LogP) is 2.95. The van der Waals surface area contributed by atoms with Crippen molar-refractivity contribution in [2.24, 2.45) is 0 Å². The Balaban J connectivity index is 1.61. The molecule has 0 saturated carbocycles. The van der Waals surface area contributed by atoms with Crippen molar-refractivity contribution < 1.29 is 5.11 Å². The first kappa shape index (κ1) is 12.9. The third-order valence-electron chi connectivity index (χ3n) is 3.45. The van der Waals surface area contributed by atoms with Crippen LogP contribution in [0.2, 0.25) is 0 Å². The van der Waals surface area contributed by atoms with Gasteiger partial charge in [-0.3, -0.25) is 0 Å². The zero-order valence-corrected chi connectivity index (χ0v) is 11.3. The molecule has 3 N–H and O–H groups in total. The molecule has 1 aromatic heterocycles. The van der Waals surface area contributed by atoms with Crippen molar-refractivity contribution in [2.45, 2.75) is 19.7 Å². The van der Waals surface area contributed by atoms with Crippen molar-refractivity contribution in [1.82, 2.24) is 10.3 Å². The van der Waals surface area contributed by atoms with E-state index in [-0.39, 0.29) is 6.61 Å². The molecule has 0 radical (unpaired) electrons. The first-order chi connectivity index (χ1) is 9.85. The number of hydrogen-bond acceptors (Lipinski definition) is 2. The van der Waals surface area contributed by atoms with Gasteiger partial charge in [-0.15, -0.1) is 0 Å². The summed E-state index contributed by atoms with van der Waals surface area (Å²) in [6.07, 6.45) is 1.96. The Morgan fingerprint density at radius 1 is 0.900 bits per heavy atom. The molecular weight excluding hydrogens is 248 g/mol. The number of hydrogen-bond donors (Lipinski definition) is 3. The quantitative estimate of drug-likeness (QED) is 0.665. The number of aromatic amines is 1. The average Bonchev–Trinajstić information content (AvgIpc) is 2.95. The lowest BCUT2D eigenvalue weighted by Crippen LogP contribution is -2.12. The van der Waals surface area contributed by atoms with Gasteiger partial charge in [-0.1, -0.05) is 36.4 Å². The van der Waals surface area contributed by atoms with Gasteiger partial charge in [-0.2, -0.15) is 0 Å². The van der Waals surface area contributed by atoms with Gasteiger partial charge >= 0.3 is 0 Å². The van der Waals surface area contributed by atoms with Crippen LogP contribution in [-0.4, -0.2) is 10.1 Å². The molecule has 0 bridgehead atoms. The molecule has 3 nitrogen and oxygen atoms in total. The van der Waals surface area contributed by atoms with Crippen LogP contribution >= 0.6 is 0 Å². The number of aliphatic hydroxyl groups excluding tert-OH is 1. The van der Waals surface area contributed by atoms with Crippen LogP contribution in [0.5, 0.6) is 0 Å². The van der Waals surface area contributed by atoms with Crippen LogP contribution < -0.4 is 5.32 Å². The highest BCUT2D eigenvalue weighted by atomic mass is 16.3. The van der Waals surface area contributed by atoms with Crippen molar-refractivity contribution in [2.75, 3.05) is 0 Å². The van der Waals surface area contributed by atoms with Crippen LogP contribution in [0.1, 0.15) is 16.7 Å². The lowest BCUT2D eigenvalue weighted by molar-refractivity contribution is 0.281. The first-order valence-electron chi connectivity index (χ1n) is 6.80. The van der Waals surface area contributed by atoms with E-state index in [0.29, 0.717) is 0 Å². The zero-order chi connectivity index (χ0) is 13.8. The molecule has 3 heteroatoms. The van der Waals surface area contributed by atoms with Crippen molar-refractivity contribution >= 4 is 10.9 Å². The summed E-state index contributed by atoms with van der Waals surface area (Å²) in [5, 5.41) is 13.8. The standard InChI is InChI=1S/C17H18N2O/c20-12-15-3-1-2-13(8-15)10-18-11-14-4-5-16-6-7-19-17(16)9-14/h1-9,18-20H,10-12H2. The van der Waals surface area contributed by atoms with Gasteiger partial charge < -0.3 is 15.4 Å². The lowest BCUT2D eigenvalue weighted by Gasteiger charge is -2.07. The van der Waals surface area contributed by atoms with Gasteiger partial charge in [-0.25, -0.2) is 0 Å². The van der Waals surface area contributed by atoms with Gasteiger partial charge in [0.15, 0.2) is 0 Å². The summed E-state index contributed by atoms with van der Waals surface area (Å²) in [4.78, 5) is 3.23. The van der Waals surface area contributed by atoms with Gasteiger partial charge in [0, 0.05) is 24.8 Å². The fraction of sp³-hybridized carbons (Fsp3) is 0.176. The van der Waals surface area contributed by atoms with E-state index in [1.54, 1.807) is 0 Å². The molecule has 0 aliphatic carbocycles. The normalized spacial score (nSPS) is 11.1. The van der Waals surface area contributed by atoms with Gasteiger partial charge in [0.2, 0.25) is 0 Å². The Hall–Kier alpha value is -2.10. The van der Waals surface area contributed by atoms with E-state index in [0.717, 1.165) is 18.7 Å². The highest BCUT2D eigenvalue weighted by Crippen LogP contribution is 2.14. The van der Waals surface area contributed by atoms with Crippen molar-refractivity contribution in [3.63, 3.8) is 0 Å². The molecule has 3 rings (SSSR count). The SMILES string of the molecule is OCc1cccc(CNCc2ccc3cc[nH]c3c2)c1. The van der Waals surface area contributed by atoms with Crippen LogP contribution in [0.4, 0.5) is 0 Å². The second-order valence-corrected chi connectivity index (χ2v) is 4.98. The summed E-state index contributed by atoms with van der Waals surface area (Å²) in [6.45, 7) is 1.73. The second kappa shape index (κ2) is 5.90. The maximum Gasteiger partial charge on any atom is 0.0681 e. The minimum Gasteiger partial charge on any atom is -0.392 e. The van der Waals surface area contributed by atoms with Crippen molar-refractivity contribution in [1.29, 1.82) is 0 Å². The zero-order valence-electron chi connectivity index (χ0n) is 11.3. The van der Waals surface area contributed by atoms with Crippen LogP contribution in [0.15, 0.2) is 54.7 Å². The number of fused-ring (bicyclic) bond motifs is 1. The number of aliphatic hydroxyl groups is 1. The predicted molar refractivity (Wildman–Crippen MR) is 81.2 cm³/mol. The number of nitrogens with one attached hydrogen (secondary N) is 2. The van der Waals surface area contributed by atoms with Gasteiger partial charge in [0.1, 0.15) is 0 Å². The number of H-pyrrole nitrogens is 1. The first-order valence-corrected chi connectivity index (χ1v) is 6.80. The molecule has 0 aliphatic heterocycles. The van der Waals surface area contributed by atoms with E-state index < -0.39 is 0 Å². The third-order valence-corrected chi connectivity index (χ3v) is 3.45. The van der Waals surface area contributed by atoms with Gasteiger partial charge in [0.25, 0.3) is 0 Å². The molecular formula is C17H18N2O. The smallest absolute Gasteiger partial charge is 0.0681 e. The summed E-state index contributed by atoms with van der Waals surface area (Å²) in [7, 11) is 0. The highest BCUT2D eigenvalue weighted by Gasteiger charge is 1.98. The molecule has 2 aromatic carbocycles. The monoisotopic (exact) mass is 266 g/mol. The molecule has 0 aliphatic rings. The topological polar surface area (TPSA) is 48.0 Å². The molecule has 0 amide bonds. The Morgan fingerprint density at radius 2 is 1.70 bits per heavy atom. The average molecular weight is 266 g/mol. The number of benzene rings is 2. The summed E-state index contributed by atoms with van der Waals surface area (Å²) in [5.41, 5.74) is 4.58. The summed E-state index contributed by atoms with van der Waals surface area (Å²) in [5.74, 6) is 0. The third kappa shape index (κ3) is 2.90. The largest absolute Gasteiger partial charge is 0.392 e. The highest BCUT2D eigenvalue weighted by molar-refractivity contribution is 5.79. The van der Waals surface area contributed by atoms with Crippen molar-refractivity contribution in [3.05, 3.63) is 71.4 Å². The number of aromatic nitrogens is 1. The van der Waals surface area contributed by atoms with Gasteiger partial charge in [-0.05, 0) is 34.2 Å². The fourth-order valence-electron chi connectivity index (χ4n) is 2.39. The fourth-order valence-corrected chi connectivity index (χ4v) is 2.39. The van der Waals surface area contributed by atoms with E-state index in [2.05, 4.69) is 40.6 Å². The lowest BCUT2D eigenvalue weighted by atomic mass is 10.1. The summed E-state index contributed by atoms with van der Waals surface area (Å²) in [6, 6.07) is 16.5. The minimum absolute atomic E-state index is 0.0946. The summed E-state index contributed by atoms with van der Waals surface area (Å²) < 4.78 is 0. The molecule has 0 spiro atoms. The Labute approximate surface area is 118 Å². The second-order valence-electron chi connectivity index (χ2n) is 4.98.